The van der Waals surface area contributed by atoms with Crippen LogP contribution in [-0.2, 0) is 11.3 Å². The Balaban J connectivity index is 2.46. The molecule has 2 rings (SSSR count). The summed E-state index contributed by atoms with van der Waals surface area (Å²) in [5.41, 5.74) is 0.152. The number of halogens is 1. The molecular weight excluding hydrogens is 370 g/mol. The number of rotatable bonds is 5. The summed E-state index contributed by atoms with van der Waals surface area (Å²) in [7, 11) is 0. The molecule has 1 N–H and O–H groups in total. The summed E-state index contributed by atoms with van der Waals surface area (Å²) in [6, 6.07) is 5.10. The maximum Gasteiger partial charge on any atom is 0.262 e. The van der Waals surface area contributed by atoms with E-state index in [2.05, 4.69) is 10.3 Å². The van der Waals surface area contributed by atoms with E-state index >= 15 is 0 Å². The molecule has 7 heteroatoms. The molecule has 0 spiro atoms. The highest BCUT2D eigenvalue weighted by atomic mass is 35.5. The number of nitrogens with zero attached hydrogens (tertiary/aromatic N) is 2. The van der Waals surface area contributed by atoms with Gasteiger partial charge in [-0.25, -0.2) is 4.98 Å². The summed E-state index contributed by atoms with van der Waals surface area (Å²) in [6.07, 6.45) is 0. The average molecular weight is 396 g/mol. The lowest BCUT2D eigenvalue weighted by Crippen LogP contribution is -2.44. The highest BCUT2D eigenvalue weighted by Crippen LogP contribution is 2.25. The molecule has 0 aliphatic rings. The van der Waals surface area contributed by atoms with Gasteiger partial charge >= 0.3 is 0 Å². The predicted molar refractivity (Wildman–Crippen MR) is 109 cm³/mol. The van der Waals surface area contributed by atoms with E-state index in [0.29, 0.717) is 27.6 Å². The van der Waals surface area contributed by atoms with Crippen molar-refractivity contribution in [1.82, 2.24) is 14.9 Å². The van der Waals surface area contributed by atoms with Crippen LogP contribution in [0, 0.1) is 5.92 Å². The van der Waals surface area contributed by atoms with Gasteiger partial charge in [-0.05, 0) is 51.8 Å². The fraction of sp³-hybridized carbons (Fsp3) is 0.526. The molecule has 1 aromatic heterocycles. The molecule has 0 aliphatic carbocycles. The van der Waals surface area contributed by atoms with Gasteiger partial charge < -0.3 is 5.32 Å². The monoisotopic (exact) mass is 395 g/mol. The third-order valence-electron chi connectivity index (χ3n) is 3.58. The van der Waals surface area contributed by atoms with Crippen LogP contribution in [0.1, 0.15) is 41.5 Å². The van der Waals surface area contributed by atoms with Crippen LogP contribution >= 0.6 is 23.4 Å². The van der Waals surface area contributed by atoms with Crippen LogP contribution in [0.5, 0.6) is 0 Å². The van der Waals surface area contributed by atoms with Gasteiger partial charge in [0.1, 0.15) is 0 Å². The van der Waals surface area contributed by atoms with Crippen molar-refractivity contribution in [3.8, 4) is 0 Å². The molecule has 1 atom stereocenters. The van der Waals surface area contributed by atoms with Gasteiger partial charge in [0.05, 0.1) is 16.2 Å². The fourth-order valence-electron chi connectivity index (χ4n) is 2.47. The van der Waals surface area contributed by atoms with Crippen molar-refractivity contribution in [3.05, 3.63) is 33.6 Å². The van der Waals surface area contributed by atoms with Crippen LogP contribution in [0.25, 0.3) is 10.9 Å². The molecule has 26 heavy (non-hydrogen) atoms. The lowest BCUT2D eigenvalue weighted by Gasteiger charge is -2.23. The summed E-state index contributed by atoms with van der Waals surface area (Å²) in [5, 5.41) is 4.15. The van der Waals surface area contributed by atoms with E-state index in [9.17, 15) is 9.59 Å². The second kappa shape index (κ2) is 8.01. The van der Waals surface area contributed by atoms with Crippen LogP contribution in [0.15, 0.2) is 28.2 Å². The van der Waals surface area contributed by atoms with E-state index in [1.54, 1.807) is 22.8 Å². The van der Waals surface area contributed by atoms with E-state index in [0.717, 1.165) is 0 Å². The molecule has 1 heterocycles. The standard InChI is InChI=1S/C19H26ClN3O2S/c1-11(2)10-23-17(25)14-9-13(20)7-8-15(14)21-18(23)26-12(3)16(24)22-19(4,5)6/h7-9,11-12H,10H2,1-6H3,(H,22,24)/t12-/m1/s1. The third kappa shape index (κ3) is 5.24. The maximum absolute atomic E-state index is 13.0. The number of fused-ring (bicyclic) bond motifs is 1. The summed E-state index contributed by atoms with van der Waals surface area (Å²) in [6.45, 7) is 12.3. The SMILES string of the molecule is CC(C)Cn1c(S[C@H](C)C(=O)NC(C)(C)C)nc2ccc(Cl)cc2c1=O. The molecular formula is C19H26ClN3O2S. The van der Waals surface area contributed by atoms with Gasteiger partial charge in [-0.1, -0.05) is 37.2 Å². The van der Waals surface area contributed by atoms with Crippen molar-refractivity contribution >= 4 is 40.2 Å². The first kappa shape index (κ1) is 20.8. The molecule has 2 aromatic rings. The number of thioether (sulfide) groups is 1. The molecule has 1 amide bonds. The number of amides is 1. The Labute approximate surface area is 163 Å². The lowest BCUT2D eigenvalue weighted by atomic mass is 10.1. The second-order valence-corrected chi connectivity index (χ2v) is 9.61. The zero-order chi connectivity index (χ0) is 19.6. The van der Waals surface area contributed by atoms with Crippen molar-refractivity contribution in [2.45, 2.75) is 64.0 Å². The highest BCUT2D eigenvalue weighted by molar-refractivity contribution is 8.00. The molecule has 0 unspecified atom stereocenters. The molecule has 0 radical (unpaired) electrons. The van der Waals surface area contributed by atoms with Gasteiger partial charge in [0.15, 0.2) is 5.16 Å². The largest absolute Gasteiger partial charge is 0.351 e. The summed E-state index contributed by atoms with van der Waals surface area (Å²) >= 11 is 7.34. The Morgan fingerprint density at radius 3 is 2.54 bits per heavy atom. The topological polar surface area (TPSA) is 64.0 Å². The van der Waals surface area contributed by atoms with Crippen molar-refractivity contribution in [1.29, 1.82) is 0 Å². The Bertz CT molecular complexity index is 871. The number of aromatic nitrogens is 2. The first-order chi connectivity index (χ1) is 12.0. The number of hydrogen-bond donors (Lipinski definition) is 1. The van der Waals surface area contributed by atoms with Crippen LogP contribution in [0.2, 0.25) is 5.02 Å². The quantitative estimate of drug-likeness (QED) is 0.611. The summed E-state index contributed by atoms with van der Waals surface area (Å²) in [4.78, 5) is 30.0. The van der Waals surface area contributed by atoms with Gasteiger partial charge in [-0.3, -0.25) is 14.2 Å². The summed E-state index contributed by atoms with van der Waals surface area (Å²) < 4.78 is 1.65. The van der Waals surface area contributed by atoms with Gasteiger partial charge in [0.2, 0.25) is 5.91 Å². The van der Waals surface area contributed by atoms with E-state index in [1.807, 2.05) is 41.5 Å². The number of nitrogens with one attached hydrogen (secondary N) is 1. The Kier molecular flexibility index (Phi) is 6.40. The number of benzene rings is 1. The normalized spacial score (nSPS) is 13.2. The number of carbonyl (C=O) groups excluding carboxylic acids is 1. The zero-order valence-corrected chi connectivity index (χ0v) is 17.7. The van der Waals surface area contributed by atoms with E-state index in [1.165, 1.54) is 11.8 Å². The predicted octanol–water partition coefficient (Wildman–Crippen LogP) is 4.10. The molecule has 0 fully saturated rings. The van der Waals surface area contributed by atoms with Crippen LogP contribution in [0.3, 0.4) is 0 Å². The second-order valence-electron chi connectivity index (χ2n) is 7.86. The van der Waals surface area contributed by atoms with E-state index in [-0.39, 0.29) is 28.2 Å². The maximum atomic E-state index is 13.0. The Morgan fingerprint density at radius 1 is 1.31 bits per heavy atom. The first-order valence-electron chi connectivity index (χ1n) is 8.66. The van der Waals surface area contributed by atoms with Gasteiger partial charge in [-0.15, -0.1) is 0 Å². The first-order valence-corrected chi connectivity index (χ1v) is 9.92. The number of carbonyl (C=O) groups is 1. The summed E-state index contributed by atoms with van der Waals surface area (Å²) in [5.74, 6) is 0.188. The molecule has 0 saturated carbocycles. The Morgan fingerprint density at radius 2 is 1.96 bits per heavy atom. The minimum Gasteiger partial charge on any atom is -0.351 e. The van der Waals surface area contributed by atoms with Gasteiger partial charge in [0.25, 0.3) is 5.56 Å². The molecule has 0 bridgehead atoms. The van der Waals surface area contributed by atoms with Crippen molar-refractivity contribution in [3.63, 3.8) is 0 Å². The molecule has 5 nitrogen and oxygen atoms in total. The minimum absolute atomic E-state index is 0.0796. The van der Waals surface area contributed by atoms with E-state index < -0.39 is 0 Å². The van der Waals surface area contributed by atoms with Gasteiger partial charge in [-0.2, -0.15) is 0 Å². The van der Waals surface area contributed by atoms with Crippen molar-refractivity contribution < 1.29 is 4.79 Å². The molecule has 0 saturated heterocycles. The van der Waals surface area contributed by atoms with Crippen LogP contribution < -0.4 is 10.9 Å². The zero-order valence-electron chi connectivity index (χ0n) is 16.1. The molecule has 142 valence electrons. The van der Waals surface area contributed by atoms with Crippen LogP contribution in [-0.4, -0.2) is 26.2 Å². The smallest absolute Gasteiger partial charge is 0.262 e. The highest BCUT2D eigenvalue weighted by Gasteiger charge is 2.23. The average Bonchev–Trinajstić information content (AvgIpc) is 2.50. The van der Waals surface area contributed by atoms with Crippen molar-refractivity contribution in [2.24, 2.45) is 5.92 Å². The molecule has 0 aliphatic heterocycles. The number of hydrogen-bond acceptors (Lipinski definition) is 4. The van der Waals surface area contributed by atoms with Crippen LogP contribution in [0.4, 0.5) is 0 Å². The Hall–Kier alpha value is -1.53. The van der Waals surface area contributed by atoms with Gasteiger partial charge in [0, 0.05) is 17.1 Å². The molecule has 1 aromatic carbocycles. The third-order valence-corrected chi connectivity index (χ3v) is 4.90. The lowest BCUT2D eigenvalue weighted by molar-refractivity contribution is -0.121. The van der Waals surface area contributed by atoms with Crippen molar-refractivity contribution in [2.75, 3.05) is 0 Å². The van der Waals surface area contributed by atoms with E-state index in [4.69, 9.17) is 11.6 Å². The fourth-order valence-corrected chi connectivity index (χ4v) is 3.56. The minimum atomic E-state index is -0.371.